The number of ether oxygens (including phenoxy) is 1. The van der Waals surface area contributed by atoms with Crippen molar-refractivity contribution in [3.05, 3.63) is 53.3 Å². The van der Waals surface area contributed by atoms with E-state index in [-0.39, 0.29) is 17.7 Å². The van der Waals surface area contributed by atoms with Crippen molar-refractivity contribution in [3.8, 4) is 0 Å². The molecule has 0 spiro atoms. The third-order valence-corrected chi connectivity index (χ3v) is 5.28. The van der Waals surface area contributed by atoms with E-state index in [2.05, 4.69) is 10.2 Å². The van der Waals surface area contributed by atoms with Gasteiger partial charge in [-0.05, 0) is 31.0 Å². The van der Waals surface area contributed by atoms with Gasteiger partial charge in [0.1, 0.15) is 5.69 Å². The monoisotopic (exact) mass is 368 g/mol. The number of morpholine rings is 1. The number of piperidine rings is 1. The molecule has 2 aliphatic rings. The molecular weight excluding hydrogens is 344 g/mol. The molecule has 0 radical (unpaired) electrons. The molecule has 3 heterocycles. The number of carbonyl (C=O) groups excluding carboxylic acids is 2. The van der Waals surface area contributed by atoms with Crippen molar-refractivity contribution < 1.29 is 14.3 Å². The lowest BCUT2D eigenvalue weighted by atomic mass is 9.94. The van der Waals surface area contributed by atoms with Crippen molar-refractivity contribution in [1.82, 2.24) is 20.0 Å². The van der Waals surface area contributed by atoms with Crippen LogP contribution in [0, 0.1) is 0 Å². The first-order valence-electron chi connectivity index (χ1n) is 9.49. The molecule has 27 heavy (non-hydrogen) atoms. The predicted molar refractivity (Wildman–Crippen MR) is 99.6 cm³/mol. The number of hydrogen-bond donors (Lipinski definition) is 1. The van der Waals surface area contributed by atoms with E-state index in [9.17, 15) is 9.59 Å². The molecule has 2 saturated heterocycles. The number of rotatable bonds is 3. The summed E-state index contributed by atoms with van der Waals surface area (Å²) in [7, 11) is 0. The molecule has 1 N–H and O–H groups in total. The fourth-order valence-electron chi connectivity index (χ4n) is 3.76. The van der Waals surface area contributed by atoms with Crippen molar-refractivity contribution in [3.63, 3.8) is 0 Å². The SMILES string of the molecule is O=C(c1ccccc1)N1CCC[C@H](c2cc(C(=O)N3CCOCC3)n[nH]2)C1. The topological polar surface area (TPSA) is 78.5 Å². The van der Waals surface area contributed by atoms with E-state index >= 15 is 0 Å². The average molecular weight is 368 g/mol. The number of nitrogens with zero attached hydrogens (tertiary/aromatic N) is 3. The van der Waals surface area contributed by atoms with Gasteiger partial charge in [0.05, 0.1) is 13.2 Å². The molecule has 2 aliphatic heterocycles. The zero-order chi connectivity index (χ0) is 18.6. The van der Waals surface area contributed by atoms with Gasteiger partial charge in [0.2, 0.25) is 0 Å². The molecule has 0 unspecified atom stereocenters. The summed E-state index contributed by atoms with van der Waals surface area (Å²) in [5.74, 6) is 0.170. The maximum atomic E-state index is 12.7. The van der Waals surface area contributed by atoms with Crippen LogP contribution in [0.3, 0.4) is 0 Å². The molecule has 0 saturated carbocycles. The van der Waals surface area contributed by atoms with Gasteiger partial charge in [-0.3, -0.25) is 14.7 Å². The van der Waals surface area contributed by atoms with Crippen LogP contribution < -0.4 is 0 Å². The van der Waals surface area contributed by atoms with Gasteiger partial charge in [-0.1, -0.05) is 18.2 Å². The molecular formula is C20H24N4O3. The minimum absolute atomic E-state index is 0.0597. The van der Waals surface area contributed by atoms with Gasteiger partial charge < -0.3 is 14.5 Å². The van der Waals surface area contributed by atoms with Gasteiger partial charge in [0.25, 0.3) is 11.8 Å². The second-order valence-corrected chi connectivity index (χ2v) is 7.07. The summed E-state index contributed by atoms with van der Waals surface area (Å²) >= 11 is 0. The van der Waals surface area contributed by atoms with E-state index in [4.69, 9.17) is 4.74 Å². The first-order valence-corrected chi connectivity index (χ1v) is 9.49. The van der Waals surface area contributed by atoms with Crippen molar-refractivity contribution in [1.29, 1.82) is 0 Å². The average Bonchev–Trinajstić information content (AvgIpc) is 3.24. The van der Waals surface area contributed by atoms with E-state index in [1.807, 2.05) is 41.3 Å². The Morgan fingerprint density at radius 1 is 1.04 bits per heavy atom. The highest BCUT2D eigenvalue weighted by Crippen LogP contribution is 2.27. The summed E-state index contributed by atoms with van der Waals surface area (Å²) in [6.07, 6.45) is 1.92. The van der Waals surface area contributed by atoms with E-state index < -0.39 is 0 Å². The van der Waals surface area contributed by atoms with Crippen molar-refractivity contribution in [2.45, 2.75) is 18.8 Å². The van der Waals surface area contributed by atoms with E-state index in [1.54, 1.807) is 4.90 Å². The number of H-pyrrole nitrogens is 1. The minimum atomic E-state index is -0.0613. The molecule has 7 heteroatoms. The molecule has 4 rings (SSSR count). The maximum absolute atomic E-state index is 12.7. The minimum Gasteiger partial charge on any atom is -0.378 e. The zero-order valence-corrected chi connectivity index (χ0v) is 15.3. The summed E-state index contributed by atoms with van der Waals surface area (Å²) in [5.41, 5.74) is 2.08. The summed E-state index contributed by atoms with van der Waals surface area (Å²) in [6.45, 7) is 3.75. The lowest BCUT2D eigenvalue weighted by Gasteiger charge is -2.32. The van der Waals surface area contributed by atoms with Crippen LogP contribution in [0.4, 0.5) is 0 Å². The number of nitrogens with one attached hydrogen (secondary N) is 1. The molecule has 2 aromatic rings. The van der Waals surface area contributed by atoms with Crippen LogP contribution >= 0.6 is 0 Å². The van der Waals surface area contributed by atoms with Gasteiger partial charge in [-0.25, -0.2) is 0 Å². The van der Waals surface area contributed by atoms with Crippen LogP contribution in [0.5, 0.6) is 0 Å². The Labute approximate surface area is 158 Å². The third kappa shape index (κ3) is 3.88. The summed E-state index contributed by atoms with van der Waals surface area (Å²) < 4.78 is 5.30. The molecule has 1 aromatic carbocycles. The Bertz CT molecular complexity index is 799. The Morgan fingerprint density at radius 3 is 2.59 bits per heavy atom. The first-order chi connectivity index (χ1) is 13.2. The number of aromatic amines is 1. The summed E-state index contributed by atoms with van der Waals surface area (Å²) in [4.78, 5) is 29.0. The van der Waals surface area contributed by atoms with Gasteiger partial charge in [-0.15, -0.1) is 0 Å². The predicted octanol–water partition coefficient (Wildman–Crippen LogP) is 1.90. The van der Waals surface area contributed by atoms with Gasteiger partial charge in [0.15, 0.2) is 0 Å². The van der Waals surface area contributed by atoms with Gasteiger partial charge in [-0.2, -0.15) is 5.10 Å². The highest BCUT2D eigenvalue weighted by atomic mass is 16.5. The fraction of sp³-hybridized carbons (Fsp3) is 0.450. The molecule has 0 bridgehead atoms. The van der Waals surface area contributed by atoms with E-state index in [0.717, 1.165) is 25.1 Å². The number of hydrogen-bond acceptors (Lipinski definition) is 4. The number of benzene rings is 1. The molecule has 1 aromatic heterocycles. The molecule has 2 fully saturated rings. The van der Waals surface area contributed by atoms with Crippen LogP contribution in [0.1, 0.15) is 45.3 Å². The molecule has 0 aliphatic carbocycles. The smallest absolute Gasteiger partial charge is 0.274 e. The van der Waals surface area contributed by atoms with Crippen molar-refractivity contribution in [2.24, 2.45) is 0 Å². The third-order valence-electron chi connectivity index (χ3n) is 5.28. The van der Waals surface area contributed by atoms with Crippen LogP contribution in [0.15, 0.2) is 36.4 Å². The van der Waals surface area contributed by atoms with Gasteiger partial charge >= 0.3 is 0 Å². The molecule has 7 nitrogen and oxygen atoms in total. The Hall–Kier alpha value is -2.67. The Morgan fingerprint density at radius 2 is 1.81 bits per heavy atom. The van der Waals surface area contributed by atoms with Gasteiger partial charge in [0, 0.05) is 43.4 Å². The van der Waals surface area contributed by atoms with Crippen LogP contribution in [-0.4, -0.2) is 71.2 Å². The maximum Gasteiger partial charge on any atom is 0.274 e. The van der Waals surface area contributed by atoms with Crippen molar-refractivity contribution >= 4 is 11.8 Å². The summed E-state index contributed by atoms with van der Waals surface area (Å²) in [5, 5.41) is 7.26. The fourth-order valence-corrected chi connectivity index (χ4v) is 3.76. The molecule has 142 valence electrons. The highest BCUT2D eigenvalue weighted by Gasteiger charge is 2.28. The Balaban J connectivity index is 1.43. The first kappa shape index (κ1) is 17.7. The normalized spacial score (nSPS) is 20.5. The van der Waals surface area contributed by atoms with Crippen LogP contribution in [0.25, 0.3) is 0 Å². The molecule has 2 amide bonds. The highest BCUT2D eigenvalue weighted by molar-refractivity contribution is 5.94. The quantitative estimate of drug-likeness (QED) is 0.898. The van der Waals surface area contributed by atoms with E-state index in [0.29, 0.717) is 44.1 Å². The molecule has 1 atom stereocenters. The lowest BCUT2D eigenvalue weighted by molar-refractivity contribution is 0.0299. The Kier molecular flexibility index (Phi) is 5.20. The lowest BCUT2D eigenvalue weighted by Crippen LogP contribution is -2.40. The van der Waals surface area contributed by atoms with Crippen molar-refractivity contribution in [2.75, 3.05) is 39.4 Å². The second-order valence-electron chi connectivity index (χ2n) is 7.07. The van der Waals surface area contributed by atoms with Crippen LogP contribution in [-0.2, 0) is 4.74 Å². The van der Waals surface area contributed by atoms with E-state index in [1.165, 1.54) is 0 Å². The largest absolute Gasteiger partial charge is 0.378 e. The number of carbonyl (C=O) groups is 2. The zero-order valence-electron chi connectivity index (χ0n) is 15.3. The number of likely N-dealkylation sites (tertiary alicyclic amines) is 1. The van der Waals surface area contributed by atoms with Crippen LogP contribution in [0.2, 0.25) is 0 Å². The summed E-state index contributed by atoms with van der Waals surface area (Å²) in [6, 6.07) is 11.2. The second kappa shape index (κ2) is 7.92. The number of amides is 2. The number of aromatic nitrogens is 2. The standard InChI is InChI=1S/C20H24N4O3/c25-19(15-5-2-1-3-6-15)24-8-4-7-16(14-24)17-13-18(22-21-17)20(26)23-9-11-27-12-10-23/h1-3,5-6,13,16H,4,7-12,14H2,(H,21,22)/t16-/m0/s1.